The van der Waals surface area contributed by atoms with E-state index in [4.69, 9.17) is 16.7 Å². The van der Waals surface area contributed by atoms with Crippen LogP contribution in [-0.4, -0.2) is 21.3 Å². The summed E-state index contributed by atoms with van der Waals surface area (Å²) in [4.78, 5) is 9.96. The van der Waals surface area contributed by atoms with Gasteiger partial charge >= 0.3 is 17.2 Å². The largest absolute Gasteiger partial charge is 0.474 e. The van der Waals surface area contributed by atoms with Crippen molar-refractivity contribution in [2.75, 3.05) is 0 Å². The third-order valence-electron chi connectivity index (χ3n) is 0.583. The predicted octanol–water partition coefficient (Wildman–Crippen LogP) is 0.421. The van der Waals surface area contributed by atoms with Gasteiger partial charge in [-0.2, -0.15) is 0 Å². The molecule has 5 nitrogen and oxygen atoms in total. The normalized spacial score (nSPS) is 9.44. The molecule has 1 N–H and O–H groups in total. The Bertz CT molecular complexity index is 233. The SMILES string of the molecule is O=C(O)c1nnc(Cl)o1. The molecule has 0 aliphatic heterocycles. The van der Waals surface area contributed by atoms with Crippen molar-refractivity contribution in [3.05, 3.63) is 11.2 Å². The molecule has 0 aromatic carbocycles. The van der Waals surface area contributed by atoms with E-state index < -0.39 is 11.9 Å². The summed E-state index contributed by atoms with van der Waals surface area (Å²) in [7, 11) is 0. The average molecular weight is 149 g/mol. The fourth-order valence-electron chi connectivity index (χ4n) is 0.292. The minimum atomic E-state index is -1.28. The Hall–Kier alpha value is -1.10. The molecule has 48 valence electrons. The molecule has 0 radical (unpaired) electrons. The number of carbonyl (C=O) groups is 1. The van der Waals surface area contributed by atoms with Gasteiger partial charge in [0.2, 0.25) is 0 Å². The van der Waals surface area contributed by atoms with Crippen molar-refractivity contribution in [2.45, 2.75) is 0 Å². The fourth-order valence-corrected chi connectivity index (χ4v) is 0.403. The summed E-state index contributed by atoms with van der Waals surface area (Å²) < 4.78 is 4.29. The van der Waals surface area contributed by atoms with Crippen LogP contribution < -0.4 is 0 Å². The van der Waals surface area contributed by atoms with Gasteiger partial charge in [0.1, 0.15) is 0 Å². The number of carboxylic acids is 1. The highest BCUT2D eigenvalue weighted by atomic mass is 35.5. The molecule has 0 aliphatic rings. The molecule has 1 rings (SSSR count). The summed E-state index contributed by atoms with van der Waals surface area (Å²) in [5, 5.41) is 14.0. The molecule has 1 heterocycles. The standard InChI is InChI=1S/C3HClN2O3/c4-3-6-5-1(9-3)2(7)8/h(H,7,8). The highest BCUT2D eigenvalue weighted by Crippen LogP contribution is 2.04. The van der Waals surface area contributed by atoms with E-state index in [9.17, 15) is 4.79 Å². The van der Waals surface area contributed by atoms with E-state index in [1.807, 2.05) is 0 Å². The summed E-state index contributed by atoms with van der Waals surface area (Å²) in [6, 6.07) is 0. The van der Waals surface area contributed by atoms with E-state index >= 15 is 0 Å². The lowest BCUT2D eigenvalue weighted by Gasteiger charge is -1.76. The minimum absolute atomic E-state index is 0.271. The van der Waals surface area contributed by atoms with Crippen LogP contribution in [0, 0.1) is 0 Å². The third kappa shape index (κ3) is 1.17. The molecule has 0 spiro atoms. The number of nitrogens with zero attached hydrogens (tertiary/aromatic N) is 2. The Morgan fingerprint density at radius 2 is 2.33 bits per heavy atom. The first-order valence-electron chi connectivity index (χ1n) is 1.92. The zero-order valence-corrected chi connectivity index (χ0v) is 4.79. The summed E-state index contributed by atoms with van der Waals surface area (Å²) in [5.74, 6) is -1.78. The van der Waals surface area contributed by atoms with Gasteiger partial charge in [-0.3, -0.25) is 0 Å². The highest BCUT2D eigenvalue weighted by Gasteiger charge is 2.10. The number of aromatic carboxylic acids is 1. The number of aromatic nitrogens is 2. The lowest BCUT2D eigenvalue weighted by molar-refractivity contribution is 0.0653. The Kier molecular flexibility index (Phi) is 1.35. The monoisotopic (exact) mass is 148 g/mol. The van der Waals surface area contributed by atoms with E-state index in [2.05, 4.69) is 14.6 Å². The topological polar surface area (TPSA) is 76.2 Å². The number of hydrogen-bond donors (Lipinski definition) is 1. The van der Waals surface area contributed by atoms with Gasteiger partial charge in [-0.1, -0.05) is 10.2 Å². The fraction of sp³-hybridized carbons (Fsp3) is 0. The number of rotatable bonds is 1. The molecule has 0 bridgehead atoms. The Balaban J connectivity index is 2.98. The smallest absolute Gasteiger partial charge is 0.393 e. The Morgan fingerprint density at radius 1 is 1.67 bits per heavy atom. The molecule has 0 aliphatic carbocycles. The van der Waals surface area contributed by atoms with Crippen molar-refractivity contribution in [1.29, 1.82) is 0 Å². The summed E-state index contributed by atoms with van der Waals surface area (Å²) in [6.07, 6.45) is 0. The second-order valence-electron chi connectivity index (χ2n) is 1.17. The first-order valence-corrected chi connectivity index (χ1v) is 2.30. The van der Waals surface area contributed by atoms with Crippen LogP contribution >= 0.6 is 11.6 Å². The number of halogens is 1. The van der Waals surface area contributed by atoms with Gasteiger partial charge in [0.05, 0.1) is 0 Å². The highest BCUT2D eigenvalue weighted by molar-refractivity contribution is 6.27. The van der Waals surface area contributed by atoms with Gasteiger partial charge in [-0.15, -0.1) is 0 Å². The maximum Gasteiger partial charge on any atom is 0.393 e. The zero-order valence-electron chi connectivity index (χ0n) is 4.04. The quantitative estimate of drug-likeness (QED) is 0.625. The molecule has 6 heteroatoms. The maximum absolute atomic E-state index is 9.96. The number of carboxylic acid groups (broad SMARTS) is 1. The number of hydrogen-bond acceptors (Lipinski definition) is 4. The average Bonchev–Trinajstić information content (AvgIpc) is 2.14. The van der Waals surface area contributed by atoms with E-state index in [1.54, 1.807) is 0 Å². The van der Waals surface area contributed by atoms with Gasteiger partial charge in [-0.05, 0) is 11.6 Å². The molecule has 1 aromatic rings. The van der Waals surface area contributed by atoms with Crippen molar-refractivity contribution in [3.8, 4) is 0 Å². The molecule has 1 aromatic heterocycles. The van der Waals surface area contributed by atoms with Crippen LogP contribution in [0.1, 0.15) is 10.7 Å². The second-order valence-corrected chi connectivity index (χ2v) is 1.49. The molecular formula is C3HClN2O3. The summed E-state index contributed by atoms with van der Waals surface area (Å²) >= 11 is 5.10. The van der Waals surface area contributed by atoms with Crippen LogP contribution in [0.2, 0.25) is 5.35 Å². The van der Waals surface area contributed by atoms with Crippen LogP contribution in [0.15, 0.2) is 4.42 Å². The van der Waals surface area contributed by atoms with Crippen LogP contribution in [0.5, 0.6) is 0 Å². The van der Waals surface area contributed by atoms with E-state index in [0.717, 1.165) is 0 Å². The van der Waals surface area contributed by atoms with Crippen molar-refractivity contribution in [2.24, 2.45) is 0 Å². The summed E-state index contributed by atoms with van der Waals surface area (Å²) in [5.41, 5.74) is 0. The van der Waals surface area contributed by atoms with Crippen LogP contribution in [0.25, 0.3) is 0 Å². The van der Waals surface area contributed by atoms with Crippen molar-refractivity contribution >= 4 is 17.6 Å². The zero-order chi connectivity index (χ0) is 6.85. The minimum Gasteiger partial charge on any atom is -0.474 e. The van der Waals surface area contributed by atoms with Gasteiger partial charge < -0.3 is 9.52 Å². The van der Waals surface area contributed by atoms with Gasteiger partial charge in [0, 0.05) is 0 Å². The molecule has 0 unspecified atom stereocenters. The second kappa shape index (κ2) is 2.02. The molecule has 0 amide bonds. The third-order valence-corrected chi connectivity index (χ3v) is 0.736. The molecular weight excluding hydrogens is 147 g/mol. The molecule has 0 atom stereocenters. The molecule has 0 saturated heterocycles. The van der Waals surface area contributed by atoms with E-state index in [0.29, 0.717) is 0 Å². The van der Waals surface area contributed by atoms with Gasteiger partial charge in [0.15, 0.2) is 0 Å². The Morgan fingerprint density at radius 3 is 2.56 bits per heavy atom. The summed E-state index contributed by atoms with van der Waals surface area (Å²) in [6.45, 7) is 0. The van der Waals surface area contributed by atoms with Crippen LogP contribution in [0.4, 0.5) is 0 Å². The van der Waals surface area contributed by atoms with E-state index in [-0.39, 0.29) is 5.35 Å². The van der Waals surface area contributed by atoms with Crippen molar-refractivity contribution in [1.82, 2.24) is 10.2 Å². The van der Waals surface area contributed by atoms with Gasteiger partial charge in [-0.25, -0.2) is 4.79 Å². The van der Waals surface area contributed by atoms with Crippen molar-refractivity contribution in [3.63, 3.8) is 0 Å². The molecule has 0 fully saturated rings. The van der Waals surface area contributed by atoms with E-state index in [1.165, 1.54) is 0 Å². The predicted molar refractivity (Wildman–Crippen MR) is 26.3 cm³/mol. The molecule has 9 heavy (non-hydrogen) atoms. The van der Waals surface area contributed by atoms with Crippen LogP contribution in [-0.2, 0) is 0 Å². The first-order chi connectivity index (χ1) is 4.20. The maximum atomic E-state index is 9.96. The lowest BCUT2D eigenvalue weighted by Crippen LogP contribution is -1.95. The first kappa shape index (κ1) is 6.03. The van der Waals surface area contributed by atoms with Gasteiger partial charge in [0.25, 0.3) is 0 Å². The molecule has 0 saturated carbocycles. The van der Waals surface area contributed by atoms with Crippen molar-refractivity contribution < 1.29 is 14.3 Å². The van der Waals surface area contributed by atoms with Crippen LogP contribution in [0.3, 0.4) is 0 Å². The Labute approximate surface area is 54.3 Å². The lowest BCUT2D eigenvalue weighted by atomic mass is 10.7.